The van der Waals surface area contributed by atoms with Gasteiger partial charge in [-0.15, -0.1) is 10.2 Å². The van der Waals surface area contributed by atoms with Crippen molar-refractivity contribution >= 4 is 11.8 Å². The molecule has 0 spiro atoms. The van der Waals surface area contributed by atoms with Crippen LogP contribution < -0.4 is 5.73 Å². The number of aryl methyl sites for hydroxylation is 4. The number of rotatable bonds is 4. The van der Waals surface area contributed by atoms with Gasteiger partial charge in [-0.2, -0.15) is 0 Å². The van der Waals surface area contributed by atoms with Crippen LogP contribution in [0, 0.1) is 27.7 Å². The molecule has 0 aliphatic rings. The second-order valence-electron chi connectivity index (χ2n) is 5.32. The molecule has 1 aromatic heterocycles. The number of hydrogen-bond donors (Lipinski definition) is 1. The molecule has 108 valence electrons. The summed E-state index contributed by atoms with van der Waals surface area (Å²) in [7, 11) is 1.98. The predicted molar refractivity (Wildman–Crippen MR) is 84.0 cm³/mol. The predicted octanol–water partition coefficient (Wildman–Crippen LogP) is 2.84. The molecule has 2 N–H and O–H groups in total. The zero-order valence-corrected chi connectivity index (χ0v) is 13.6. The Hall–Kier alpha value is -1.33. The Labute approximate surface area is 124 Å². The lowest BCUT2D eigenvalue weighted by molar-refractivity contribution is 0.757. The molecule has 0 fully saturated rings. The van der Waals surface area contributed by atoms with Gasteiger partial charge in [0.2, 0.25) is 0 Å². The molecule has 1 unspecified atom stereocenters. The van der Waals surface area contributed by atoms with Crippen molar-refractivity contribution in [3.8, 4) is 0 Å². The standard InChI is InChI=1S/C15H22N4S/c1-9-6-10(2)14(11(3)7-9)13(16)8-20-15-18-17-12(4)19(15)5/h6-7,13H,8,16H2,1-5H3. The van der Waals surface area contributed by atoms with Crippen LogP contribution >= 0.6 is 11.8 Å². The van der Waals surface area contributed by atoms with Crippen molar-refractivity contribution in [1.29, 1.82) is 0 Å². The Morgan fingerprint density at radius 3 is 2.25 bits per heavy atom. The summed E-state index contributed by atoms with van der Waals surface area (Å²) in [5.74, 6) is 1.72. The molecule has 20 heavy (non-hydrogen) atoms. The van der Waals surface area contributed by atoms with E-state index in [-0.39, 0.29) is 6.04 Å². The Balaban J connectivity index is 2.13. The van der Waals surface area contributed by atoms with E-state index >= 15 is 0 Å². The number of aromatic nitrogens is 3. The van der Waals surface area contributed by atoms with Gasteiger partial charge in [0.05, 0.1) is 0 Å². The summed E-state index contributed by atoms with van der Waals surface area (Å²) in [5, 5.41) is 9.14. The highest BCUT2D eigenvalue weighted by Gasteiger charge is 2.15. The van der Waals surface area contributed by atoms with Crippen LogP contribution in [0.15, 0.2) is 17.3 Å². The van der Waals surface area contributed by atoms with Crippen LogP contribution in [0.1, 0.15) is 34.1 Å². The van der Waals surface area contributed by atoms with Crippen LogP contribution in [0.2, 0.25) is 0 Å². The first kappa shape index (κ1) is 15.1. The summed E-state index contributed by atoms with van der Waals surface area (Å²) in [5.41, 5.74) is 11.4. The molecule has 0 bridgehead atoms. The molecule has 0 aliphatic heterocycles. The average Bonchev–Trinajstić information content (AvgIpc) is 2.66. The first-order valence-electron chi connectivity index (χ1n) is 6.72. The van der Waals surface area contributed by atoms with E-state index in [9.17, 15) is 0 Å². The van der Waals surface area contributed by atoms with Crippen molar-refractivity contribution < 1.29 is 0 Å². The maximum absolute atomic E-state index is 6.37. The van der Waals surface area contributed by atoms with Crippen molar-refractivity contribution in [2.24, 2.45) is 12.8 Å². The van der Waals surface area contributed by atoms with E-state index < -0.39 is 0 Å². The Morgan fingerprint density at radius 1 is 1.15 bits per heavy atom. The number of benzene rings is 1. The first-order valence-corrected chi connectivity index (χ1v) is 7.70. The van der Waals surface area contributed by atoms with Gasteiger partial charge < -0.3 is 10.3 Å². The van der Waals surface area contributed by atoms with Crippen LogP contribution in [0.25, 0.3) is 0 Å². The largest absolute Gasteiger partial charge is 0.323 e. The van der Waals surface area contributed by atoms with Gasteiger partial charge in [0.1, 0.15) is 5.82 Å². The van der Waals surface area contributed by atoms with E-state index in [2.05, 4.69) is 43.1 Å². The van der Waals surface area contributed by atoms with Gasteiger partial charge in [-0.05, 0) is 44.4 Å². The molecule has 5 heteroatoms. The van der Waals surface area contributed by atoms with Crippen LogP contribution in [0.4, 0.5) is 0 Å². The van der Waals surface area contributed by atoms with Crippen molar-refractivity contribution in [1.82, 2.24) is 14.8 Å². The fourth-order valence-electron chi connectivity index (χ4n) is 2.54. The lowest BCUT2D eigenvalue weighted by Gasteiger charge is -2.18. The lowest BCUT2D eigenvalue weighted by Crippen LogP contribution is -2.16. The quantitative estimate of drug-likeness (QED) is 0.880. The molecular weight excluding hydrogens is 268 g/mol. The van der Waals surface area contributed by atoms with Crippen LogP contribution in [0.3, 0.4) is 0 Å². The van der Waals surface area contributed by atoms with Gasteiger partial charge in [-0.1, -0.05) is 29.5 Å². The summed E-state index contributed by atoms with van der Waals surface area (Å²) in [6, 6.07) is 4.40. The van der Waals surface area contributed by atoms with Gasteiger partial charge in [0.15, 0.2) is 5.16 Å². The second kappa shape index (κ2) is 5.97. The molecule has 2 rings (SSSR count). The SMILES string of the molecule is Cc1cc(C)c(C(N)CSc2nnc(C)n2C)c(C)c1. The smallest absolute Gasteiger partial charge is 0.191 e. The molecule has 0 amide bonds. The van der Waals surface area contributed by atoms with Gasteiger partial charge in [0, 0.05) is 18.8 Å². The summed E-state index contributed by atoms with van der Waals surface area (Å²) in [6.45, 7) is 8.33. The van der Waals surface area contributed by atoms with Crippen molar-refractivity contribution in [3.05, 3.63) is 40.2 Å². The summed E-state index contributed by atoms with van der Waals surface area (Å²) < 4.78 is 1.99. The van der Waals surface area contributed by atoms with Gasteiger partial charge in [0.25, 0.3) is 0 Å². The summed E-state index contributed by atoms with van der Waals surface area (Å²) >= 11 is 1.66. The average molecular weight is 290 g/mol. The number of nitrogens with zero attached hydrogens (tertiary/aromatic N) is 3. The maximum Gasteiger partial charge on any atom is 0.191 e. The topological polar surface area (TPSA) is 56.7 Å². The molecular formula is C15H22N4S. The molecule has 0 saturated carbocycles. The minimum absolute atomic E-state index is 0.0117. The molecule has 1 heterocycles. The minimum atomic E-state index is 0.0117. The third kappa shape index (κ3) is 3.04. The van der Waals surface area contributed by atoms with E-state index in [0.29, 0.717) is 0 Å². The lowest BCUT2D eigenvalue weighted by atomic mass is 9.95. The molecule has 1 atom stereocenters. The Bertz CT molecular complexity index is 595. The maximum atomic E-state index is 6.37. The highest BCUT2D eigenvalue weighted by molar-refractivity contribution is 7.99. The molecule has 0 radical (unpaired) electrons. The van der Waals surface area contributed by atoms with Crippen LogP contribution in [0.5, 0.6) is 0 Å². The molecule has 2 aromatic rings. The monoisotopic (exact) mass is 290 g/mol. The Kier molecular flexibility index (Phi) is 4.50. The fourth-order valence-corrected chi connectivity index (χ4v) is 3.46. The molecule has 1 aromatic carbocycles. The first-order chi connectivity index (χ1) is 9.40. The third-order valence-corrected chi connectivity index (χ3v) is 4.69. The van der Waals surface area contributed by atoms with Crippen LogP contribution in [-0.4, -0.2) is 20.5 Å². The second-order valence-corrected chi connectivity index (χ2v) is 6.31. The Morgan fingerprint density at radius 2 is 1.75 bits per heavy atom. The normalized spacial score (nSPS) is 12.7. The molecule has 0 saturated heterocycles. The number of thioether (sulfide) groups is 1. The van der Waals surface area contributed by atoms with E-state index in [1.54, 1.807) is 11.8 Å². The third-order valence-electron chi connectivity index (χ3n) is 3.55. The highest BCUT2D eigenvalue weighted by atomic mass is 32.2. The van der Waals surface area contributed by atoms with Crippen molar-refractivity contribution in [3.63, 3.8) is 0 Å². The zero-order chi connectivity index (χ0) is 14.9. The summed E-state index contributed by atoms with van der Waals surface area (Å²) in [4.78, 5) is 0. The van der Waals surface area contributed by atoms with E-state index in [0.717, 1.165) is 16.7 Å². The molecule has 4 nitrogen and oxygen atoms in total. The van der Waals surface area contributed by atoms with E-state index in [1.807, 2.05) is 18.5 Å². The zero-order valence-electron chi connectivity index (χ0n) is 12.8. The van der Waals surface area contributed by atoms with E-state index in [1.165, 1.54) is 22.3 Å². The van der Waals surface area contributed by atoms with Crippen molar-refractivity contribution in [2.45, 2.75) is 38.9 Å². The van der Waals surface area contributed by atoms with Gasteiger partial charge >= 0.3 is 0 Å². The van der Waals surface area contributed by atoms with Crippen LogP contribution in [-0.2, 0) is 7.05 Å². The van der Waals surface area contributed by atoms with Crippen molar-refractivity contribution in [2.75, 3.05) is 5.75 Å². The van der Waals surface area contributed by atoms with E-state index in [4.69, 9.17) is 5.73 Å². The van der Waals surface area contributed by atoms with Gasteiger partial charge in [-0.3, -0.25) is 0 Å². The molecule has 0 aliphatic carbocycles. The minimum Gasteiger partial charge on any atom is -0.323 e. The summed E-state index contributed by atoms with van der Waals surface area (Å²) in [6.07, 6.45) is 0. The van der Waals surface area contributed by atoms with Gasteiger partial charge in [-0.25, -0.2) is 0 Å². The highest BCUT2D eigenvalue weighted by Crippen LogP contribution is 2.27. The number of nitrogens with two attached hydrogens (primary N) is 1. The fraction of sp³-hybridized carbons (Fsp3) is 0.467. The number of hydrogen-bond acceptors (Lipinski definition) is 4.